The minimum absolute atomic E-state index is 0.136. The van der Waals surface area contributed by atoms with E-state index in [-0.39, 0.29) is 16.8 Å². The zero-order valence-corrected chi connectivity index (χ0v) is 16.5. The van der Waals surface area contributed by atoms with Crippen molar-refractivity contribution in [3.05, 3.63) is 59.4 Å². The lowest BCUT2D eigenvalue weighted by Crippen LogP contribution is -2.35. The van der Waals surface area contributed by atoms with Crippen molar-refractivity contribution in [3.63, 3.8) is 0 Å². The average Bonchev–Trinajstić information content (AvgIpc) is 3.09. The van der Waals surface area contributed by atoms with Gasteiger partial charge in [-0.05, 0) is 38.5 Å². The van der Waals surface area contributed by atoms with Crippen LogP contribution in [0.4, 0.5) is 0 Å². The summed E-state index contributed by atoms with van der Waals surface area (Å²) in [4.78, 5) is 12.7. The molecule has 7 nitrogen and oxygen atoms in total. The van der Waals surface area contributed by atoms with Crippen LogP contribution in [0, 0.1) is 0 Å². The van der Waals surface area contributed by atoms with Crippen molar-refractivity contribution < 1.29 is 13.2 Å². The second-order valence-electron chi connectivity index (χ2n) is 6.83. The zero-order valence-electron chi connectivity index (χ0n) is 15.7. The van der Waals surface area contributed by atoms with Gasteiger partial charge < -0.3 is 5.32 Å². The second kappa shape index (κ2) is 7.66. The van der Waals surface area contributed by atoms with Gasteiger partial charge in [-0.1, -0.05) is 17.7 Å². The number of aryl methyl sites for hydroxylation is 1. The standard InChI is InChI=1S/C19H24N4O3S/c1-14-7-9-23(10-8-14)27(25,26)18-6-4-5-16(11-18)19(24)21-15(2)17-12-20-22(3)13-17/h4-7,11-13,15H,8-10H2,1-3H3,(H,21,24). The molecular formula is C19H24N4O3S. The van der Waals surface area contributed by atoms with Crippen molar-refractivity contribution in [3.8, 4) is 0 Å². The lowest BCUT2D eigenvalue weighted by molar-refractivity contribution is 0.0939. The Morgan fingerprint density at radius 2 is 2.11 bits per heavy atom. The van der Waals surface area contributed by atoms with E-state index >= 15 is 0 Å². The molecule has 144 valence electrons. The van der Waals surface area contributed by atoms with Crippen LogP contribution >= 0.6 is 0 Å². The molecule has 0 saturated carbocycles. The van der Waals surface area contributed by atoms with Crippen LogP contribution in [0.1, 0.15) is 42.2 Å². The van der Waals surface area contributed by atoms with Crippen LogP contribution in [0.3, 0.4) is 0 Å². The van der Waals surface area contributed by atoms with E-state index in [0.29, 0.717) is 18.7 Å². The summed E-state index contributed by atoms with van der Waals surface area (Å²) in [6.45, 7) is 4.68. The van der Waals surface area contributed by atoms with E-state index in [1.807, 2.05) is 33.2 Å². The van der Waals surface area contributed by atoms with E-state index in [1.54, 1.807) is 23.0 Å². The molecule has 0 bridgehead atoms. The topological polar surface area (TPSA) is 84.3 Å². The Bertz CT molecular complexity index is 978. The highest BCUT2D eigenvalue weighted by Crippen LogP contribution is 2.21. The molecule has 1 aromatic carbocycles. The summed E-state index contributed by atoms with van der Waals surface area (Å²) in [5.74, 6) is -0.321. The van der Waals surface area contributed by atoms with Gasteiger partial charge >= 0.3 is 0 Å². The predicted octanol–water partition coefficient (Wildman–Crippen LogP) is 2.25. The fourth-order valence-electron chi connectivity index (χ4n) is 2.94. The van der Waals surface area contributed by atoms with Crippen molar-refractivity contribution >= 4 is 15.9 Å². The monoisotopic (exact) mass is 388 g/mol. The first-order valence-electron chi connectivity index (χ1n) is 8.82. The summed E-state index contributed by atoms with van der Waals surface area (Å²) in [6.07, 6.45) is 6.17. The Balaban J connectivity index is 1.77. The van der Waals surface area contributed by atoms with Gasteiger partial charge in [0.15, 0.2) is 0 Å². The molecule has 1 atom stereocenters. The van der Waals surface area contributed by atoms with Gasteiger partial charge in [-0.25, -0.2) is 8.42 Å². The quantitative estimate of drug-likeness (QED) is 0.796. The summed E-state index contributed by atoms with van der Waals surface area (Å²) >= 11 is 0. The van der Waals surface area contributed by atoms with Crippen molar-refractivity contribution in [2.24, 2.45) is 7.05 Å². The van der Waals surface area contributed by atoms with E-state index in [9.17, 15) is 13.2 Å². The highest BCUT2D eigenvalue weighted by atomic mass is 32.2. The molecule has 1 amide bonds. The molecule has 2 heterocycles. The van der Waals surface area contributed by atoms with Crippen molar-refractivity contribution in [2.75, 3.05) is 13.1 Å². The average molecular weight is 388 g/mol. The first-order valence-corrected chi connectivity index (χ1v) is 10.3. The third-order valence-electron chi connectivity index (χ3n) is 4.71. The van der Waals surface area contributed by atoms with E-state index in [0.717, 1.165) is 12.0 Å². The van der Waals surface area contributed by atoms with Crippen LogP contribution in [0.2, 0.25) is 0 Å². The maximum Gasteiger partial charge on any atom is 0.251 e. The number of sulfonamides is 1. The maximum atomic E-state index is 12.9. The highest BCUT2D eigenvalue weighted by Gasteiger charge is 2.26. The Kier molecular flexibility index (Phi) is 5.48. The smallest absolute Gasteiger partial charge is 0.251 e. The largest absolute Gasteiger partial charge is 0.345 e. The van der Waals surface area contributed by atoms with E-state index in [4.69, 9.17) is 0 Å². The third kappa shape index (κ3) is 4.28. The van der Waals surface area contributed by atoms with E-state index in [2.05, 4.69) is 10.4 Å². The number of benzene rings is 1. The van der Waals surface area contributed by atoms with Gasteiger partial charge in [-0.2, -0.15) is 9.40 Å². The number of rotatable bonds is 5. The van der Waals surface area contributed by atoms with Gasteiger partial charge in [-0.3, -0.25) is 9.48 Å². The summed E-state index contributed by atoms with van der Waals surface area (Å²) in [7, 11) is -1.81. The van der Waals surface area contributed by atoms with Gasteiger partial charge in [0, 0.05) is 37.5 Å². The summed E-state index contributed by atoms with van der Waals surface area (Å²) in [5, 5.41) is 6.98. The van der Waals surface area contributed by atoms with Crippen molar-refractivity contribution in [1.82, 2.24) is 19.4 Å². The van der Waals surface area contributed by atoms with Crippen LogP contribution < -0.4 is 5.32 Å². The molecule has 3 rings (SSSR count). The molecule has 1 aromatic heterocycles. The molecule has 0 radical (unpaired) electrons. The SMILES string of the molecule is CC1=CCN(S(=O)(=O)c2cccc(C(=O)NC(C)c3cnn(C)c3)c2)CC1. The molecule has 1 unspecified atom stereocenters. The van der Waals surface area contributed by atoms with Crippen molar-refractivity contribution in [2.45, 2.75) is 31.2 Å². The molecule has 8 heteroatoms. The number of nitrogens with one attached hydrogen (secondary N) is 1. The van der Waals surface area contributed by atoms with Gasteiger partial charge in [0.25, 0.3) is 5.91 Å². The first-order chi connectivity index (χ1) is 12.8. The fraction of sp³-hybridized carbons (Fsp3) is 0.368. The van der Waals surface area contributed by atoms with Crippen LogP contribution in [0.25, 0.3) is 0 Å². The Morgan fingerprint density at radius 3 is 2.74 bits per heavy atom. The lowest BCUT2D eigenvalue weighted by Gasteiger charge is -2.25. The maximum absolute atomic E-state index is 12.9. The molecule has 1 aliphatic rings. The molecule has 1 N–H and O–H groups in total. The van der Waals surface area contributed by atoms with E-state index < -0.39 is 10.0 Å². The number of carbonyl (C=O) groups excluding carboxylic acids is 1. The highest BCUT2D eigenvalue weighted by molar-refractivity contribution is 7.89. The molecular weight excluding hydrogens is 364 g/mol. The molecule has 0 spiro atoms. The van der Waals surface area contributed by atoms with Crippen LogP contribution in [-0.2, 0) is 17.1 Å². The first kappa shape index (κ1) is 19.3. The fourth-order valence-corrected chi connectivity index (χ4v) is 4.37. The Hall–Kier alpha value is -2.45. The van der Waals surface area contributed by atoms with Gasteiger partial charge in [0.2, 0.25) is 10.0 Å². The summed E-state index contributed by atoms with van der Waals surface area (Å²) < 4.78 is 28.8. The number of nitrogens with zero attached hydrogens (tertiary/aromatic N) is 3. The van der Waals surface area contributed by atoms with Crippen LogP contribution in [0.15, 0.2) is 53.2 Å². The molecule has 27 heavy (non-hydrogen) atoms. The Labute approximate surface area is 159 Å². The van der Waals surface area contributed by atoms with Crippen molar-refractivity contribution in [1.29, 1.82) is 0 Å². The number of carbonyl (C=O) groups is 1. The molecule has 0 fully saturated rings. The summed E-state index contributed by atoms with van der Waals surface area (Å²) in [6, 6.07) is 5.95. The lowest BCUT2D eigenvalue weighted by atomic mass is 10.1. The van der Waals surface area contributed by atoms with E-state index in [1.165, 1.54) is 22.0 Å². The number of aromatic nitrogens is 2. The number of hydrogen-bond donors (Lipinski definition) is 1. The normalized spacial score (nSPS) is 16.6. The minimum Gasteiger partial charge on any atom is -0.345 e. The van der Waals surface area contributed by atoms with Crippen LogP contribution in [0.5, 0.6) is 0 Å². The molecule has 1 aliphatic heterocycles. The van der Waals surface area contributed by atoms with Gasteiger partial charge in [0.05, 0.1) is 17.1 Å². The predicted molar refractivity (Wildman–Crippen MR) is 103 cm³/mol. The molecule has 0 saturated heterocycles. The molecule has 2 aromatic rings. The third-order valence-corrected chi connectivity index (χ3v) is 6.57. The minimum atomic E-state index is -3.62. The number of amides is 1. The zero-order chi connectivity index (χ0) is 19.6. The Morgan fingerprint density at radius 1 is 1.33 bits per heavy atom. The van der Waals surface area contributed by atoms with Gasteiger partial charge in [0.1, 0.15) is 0 Å². The summed E-state index contributed by atoms with van der Waals surface area (Å²) in [5.41, 5.74) is 2.39. The van der Waals surface area contributed by atoms with Crippen LogP contribution in [-0.4, -0.2) is 41.5 Å². The van der Waals surface area contributed by atoms with Gasteiger partial charge in [-0.15, -0.1) is 0 Å². The molecule has 0 aliphatic carbocycles. The number of hydrogen-bond acceptors (Lipinski definition) is 4. The second-order valence-corrected chi connectivity index (χ2v) is 8.77.